The molecule has 1 unspecified atom stereocenters. The van der Waals surface area contributed by atoms with E-state index in [0.29, 0.717) is 0 Å². The third kappa shape index (κ3) is 1.95. The minimum atomic E-state index is -0.329. The number of rotatable bonds is 4. The van der Waals surface area contributed by atoms with Gasteiger partial charge >= 0.3 is 0 Å². The number of carbonyl (C=O) groups is 1. The highest BCUT2D eigenvalue weighted by Crippen LogP contribution is 2.48. The zero-order valence-electron chi connectivity index (χ0n) is 9.44. The van der Waals surface area contributed by atoms with Crippen molar-refractivity contribution in [3.05, 3.63) is 35.9 Å². The molecular weight excluding hydrogens is 202 g/mol. The fourth-order valence-electron chi connectivity index (χ4n) is 1.94. The second kappa shape index (κ2) is 4.26. The van der Waals surface area contributed by atoms with Crippen molar-refractivity contribution in [2.24, 2.45) is 0 Å². The molecule has 0 radical (unpaired) electrons. The minimum Gasteiger partial charge on any atom is -0.394 e. The molecule has 16 heavy (non-hydrogen) atoms. The maximum Gasteiger partial charge on any atom is 0.230 e. The number of hydrogen-bond donors (Lipinski definition) is 2. The number of hydrogen-bond acceptors (Lipinski definition) is 2. The summed E-state index contributed by atoms with van der Waals surface area (Å²) in [4.78, 5) is 12.1. The average molecular weight is 219 g/mol. The van der Waals surface area contributed by atoms with Crippen molar-refractivity contribution < 1.29 is 9.90 Å². The fraction of sp³-hybridized carbons (Fsp3) is 0.462. The smallest absolute Gasteiger partial charge is 0.230 e. The van der Waals surface area contributed by atoms with Crippen LogP contribution < -0.4 is 5.32 Å². The Kier molecular flexibility index (Phi) is 2.97. The topological polar surface area (TPSA) is 49.3 Å². The largest absolute Gasteiger partial charge is 0.394 e. The summed E-state index contributed by atoms with van der Waals surface area (Å²) in [5.41, 5.74) is 0.752. The predicted molar refractivity (Wildman–Crippen MR) is 62.0 cm³/mol. The quantitative estimate of drug-likeness (QED) is 0.799. The van der Waals surface area contributed by atoms with E-state index < -0.39 is 0 Å². The van der Waals surface area contributed by atoms with Crippen LogP contribution in [0.5, 0.6) is 0 Å². The Morgan fingerprint density at radius 1 is 1.44 bits per heavy atom. The summed E-state index contributed by atoms with van der Waals surface area (Å²) in [6, 6.07) is 9.69. The summed E-state index contributed by atoms with van der Waals surface area (Å²) < 4.78 is 0. The van der Waals surface area contributed by atoms with Gasteiger partial charge in [-0.3, -0.25) is 4.79 Å². The van der Waals surface area contributed by atoms with E-state index in [4.69, 9.17) is 5.11 Å². The van der Waals surface area contributed by atoms with Crippen molar-refractivity contribution in [1.29, 1.82) is 0 Å². The van der Waals surface area contributed by atoms with Gasteiger partial charge < -0.3 is 10.4 Å². The van der Waals surface area contributed by atoms with E-state index in [-0.39, 0.29) is 24.0 Å². The molecule has 1 aliphatic rings. The molecule has 3 nitrogen and oxygen atoms in total. The lowest BCUT2D eigenvalue weighted by Gasteiger charge is -2.18. The van der Waals surface area contributed by atoms with Gasteiger partial charge in [0.1, 0.15) is 0 Å². The third-order valence-electron chi connectivity index (χ3n) is 3.16. The molecular formula is C13H17NO2. The molecule has 0 aliphatic heterocycles. The van der Waals surface area contributed by atoms with Gasteiger partial charge in [-0.25, -0.2) is 0 Å². The van der Waals surface area contributed by atoms with Crippen molar-refractivity contribution in [3.63, 3.8) is 0 Å². The van der Waals surface area contributed by atoms with Crippen LogP contribution in [0.2, 0.25) is 0 Å². The molecule has 1 amide bonds. The van der Waals surface area contributed by atoms with E-state index in [0.717, 1.165) is 18.4 Å². The van der Waals surface area contributed by atoms with Gasteiger partial charge in [0.25, 0.3) is 0 Å². The van der Waals surface area contributed by atoms with E-state index in [2.05, 4.69) is 5.32 Å². The summed E-state index contributed by atoms with van der Waals surface area (Å²) in [5.74, 6) is 0.0419. The predicted octanol–water partition coefficient (Wildman–Crippen LogP) is 1.22. The molecule has 1 saturated carbocycles. The van der Waals surface area contributed by atoms with Gasteiger partial charge in [-0.05, 0) is 25.3 Å². The lowest BCUT2D eigenvalue weighted by atomic mass is 9.95. The van der Waals surface area contributed by atoms with Crippen LogP contribution in [0.15, 0.2) is 30.3 Å². The van der Waals surface area contributed by atoms with Crippen molar-refractivity contribution in [2.45, 2.75) is 31.2 Å². The normalized spacial score (nSPS) is 18.9. The second-order valence-corrected chi connectivity index (χ2v) is 4.51. The number of benzene rings is 1. The van der Waals surface area contributed by atoms with Crippen LogP contribution in [0.1, 0.15) is 25.3 Å². The van der Waals surface area contributed by atoms with Gasteiger partial charge in [0, 0.05) is 6.04 Å². The van der Waals surface area contributed by atoms with E-state index in [1.165, 1.54) is 0 Å². The molecule has 3 heteroatoms. The van der Waals surface area contributed by atoms with Crippen molar-refractivity contribution in [2.75, 3.05) is 6.61 Å². The molecule has 0 heterocycles. The van der Waals surface area contributed by atoms with E-state index >= 15 is 0 Å². The van der Waals surface area contributed by atoms with Gasteiger partial charge in [0.2, 0.25) is 5.91 Å². The van der Waals surface area contributed by atoms with Crippen LogP contribution in [0.4, 0.5) is 0 Å². The Labute approximate surface area is 95.5 Å². The standard InChI is InChI=1S/C13H17NO2/c1-10(9-15)14-12(16)13(7-8-13)11-5-3-2-4-6-11/h2-6,10,15H,7-9H2,1H3,(H,14,16). The molecule has 86 valence electrons. The first-order chi connectivity index (χ1) is 7.69. The molecule has 1 aromatic rings. The third-order valence-corrected chi connectivity index (χ3v) is 3.16. The number of nitrogens with one attached hydrogen (secondary N) is 1. The highest BCUT2D eigenvalue weighted by Gasteiger charge is 2.51. The fourth-order valence-corrected chi connectivity index (χ4v) is 1.94. The van der Waals surface area contributed by atoms with E-state index in [1.807, 2.05) is 30.3 Å². The summed E-state index contributed by atoms with van der Waals surface area (Å²) in [7, 11) is 0. The number of aliphatic hydroxyl groups is 1. The van der Waals surface area contributed by atoms with Crippen LogP contribution in [0, 0.1) is 0 Å². The van der Waals surface area contributed by atoms with Crippen LogP contribution in [-0.2, 0) is 10.2 Å². The zero-order chi connectivity index (χ0) is 11.6. The Bertz CT molecular complexity index is 371. The molecule has 0 saturated heterocycles. The SMILES string of the molecule is CC(CO)NC(=O)C1(c2ccccc2)CC1. The van der Waals surface area contributed by atoms with Crippen molar-refractivity contribution in [3.8, 4) is 0 Å². The van der Waals surface area contributed by atoms with Crippen molar-refractivity contribution >= 4 is 5.91 Å². The van der Waals surface area contributed by atoms with Gasteiger partial charge in [-0.1, -0.05) is 30.3 Å². The van der Waals surface area contributed by atoms with Crippen LogP contribution in [-0.4, -0.2) is 23.7 Å². The summed E-state index contributed by atoms with van der Waals surface area (Å²) in [5, 5.41) is 11.8. The summed E-state index contributed by atoms with van der Waals surface area (Å²) >= 11 is 0. The van der Waals surface area contributed by atoms with Gasteiger partial charge in [0.15, 0.2) is 0 Å². The number of carbonyl (C=O) groups excluding carboxylic acids is 1. The maximum atomic E-state index is 12.1. The van der Waals surface area contributed by atoms with Gasteiger partial charge in [0.05, 0.1) is 12.0 Å². The van der Waals surface area contributed by atoms with Crippen LogP contribution >= 0.6 is 0 Å². The monoisotopic (exact) mass is 219 g/mol. The molecule has 1 aliphatic carbocycles. The highest BCUT2D eigenvalue weighted by atomic mass is 16.3. The lowest BCUT2D eigenvalue weighted by molar-refractivity contribution is -0.124. The van der Waals surface area contributed by atoms with Gasteiger partial charge in [-0.15, -0.1) is 0 Å². The Hall–Kier alpha value is -1.35. The molecule has 0 aromatic heterocycles. The highest BCUT2D eigenvalue weighted by molar-refractivity contribution is 5.91. The van der Waals surface area contributed by atoms with Crippen molar-refractivity contribution in [1.82, 2.24) is 5.32 Å². The Balaban J connectivity index is 2.12. The molecule has 0 spiro atoms. The molecule has 2 N–H and O–H groups in total. The zero-order valence-corrected chi connectivity index (χ0v) is 9.44. The van der Waals surface area contributed by atoms with E-state index in [9.17, 15) is 4.79 Å². The number of amides is 1. The molecule has 0 bridgehead atoms. The first kappa shape index (κ1) is 11.1. The van der Waals surface area contributed by atoms with Crippen LogP contribution in [0.25, 0.3) is 0 Å². The molecule has 1 fully saturated rings. The molecule has 1 aromatic carbocycles. The van der Waals surface area contributed by atoms with E-state index in [1.54, 1.807) is 6.92 Å². The minimum absolute atomic E-state index is 0.0173. The van der Waals surface area contributed by atoms with Gasteiger partial charge in [-0.2, -0.15) is 0 Å². The lowest BCUT2D eigenvalue weighted by Crippen LogP contribution is -2.41. The maximum absolute atomic E-state index is 12.1. The first-order valence-corrected chi connectivity index (χ1v) is 5.66. The second-order valence-electron chi connectivity index (χ2n) is 4.51. The Morgan fingerprint density at radius 3 is 2.56 bits per heavy atom. The number of aliphatic hydroxyl groups excluding tert-OH is 1. The summed E-state index contributed by atoms with van der Waals surface area (Å²) in [6.07, 6.45) is 1.81. The molecule has 2 rings (SSSR count). The summed E-state index contributed by atoms with van der Waals surface area (Å²) in [6.45, 7) is 1.79. The first-order valence-electron chi connectivity index (χ1n) is 5.66. The average Bonchev–Trinajstić information content (AvgIpc) is 3.11. The van der Waals surface area contributed by atoms with Crippen LogP contribution in [0.3, 0.4) is 0 Å². The Morgan fingerprint density at radius 2 is 2.06 bits per heavy atom. The molecule has 1 atom stereocenters.